The van der Waals surface area contributed by atoms with Crippen molar-refractivity contribution in [3.63, 3.8) is 0 Å². The summed E-state index contributed by atoms with van der Waals surface area (Å²) in [6, 6.07) is 4.97. The Morgan fingerprint density at radius 3 is 2.62 bits per heavy atom. The summed E-state index contributed by atoms with van der Waals surface area (Å²) in [6.45, 7) is 1.05. The van der Waals surface area contributed by atoms with Crippen LogP contribution in [0.3, 0.4) is 0 Å². The summed E-state index contributed by atoms with van der Waals surface area (Å²) < 4.78 is 5.46. The van der Waals surface area contributed by atoms with E-state index < -0.39 is 11.7 Å². The fraction of sp³-hybridized carbons (Fsp3) is 0.600. The first-order valence-corrected chi connectivity index (χ1v) is 7.93. The van der Waals surface area contributed by atoms with E-state index in [0.717, 1.165) is 25.7 Å². The molecule has 4 nitrogen and oxygen atoms in total. The van der Waals surface area contributed by atoms with Crippen molar-refractivity contribution < 1.29 is 14.9 Å². The van der Waals surface area contributed by atoms with Gasteiger partial charge in [0.2, 0.25) is 0 Å². The van der Waals surface area contributed by atoms with E-state index in [4.69, 9.17) is 27.9 Å². The van der Waals surface area contributed by atoms with Crippen LogP contribution in [0.15, 0.2) is 18.2 Å². The summed E-state index contributed by atoms with van der Waals surface area (Å²) in [5.41, 5.74) is -0.607. The topological polar surface area (TPSA) is 61.7 Å². The van der Waals surface area contributed by atoms with Gasteiger partial charge in [-0.3, -0.25) is 0 Å². The molecule has 0 aromatic heterocycles. The molecule has 0 saturated heterocycles. The van der Waals surface area contributed by atoms with E-state index in [1.165, 1.54) is 0 Å². The van der Waals surface area contributed by atoms with Gasteiger partial charge >= 0.3 is 0 Å². The van der Waals surface area contributed by atoms with E-state index in [9.17, 15) is 10.2 Å². The van der Waals surface area contributed by atoms with E-state index in [1.807, 2.05) is 0 Å². The Kier molecular flexibility index (Phi) is 6.14. The number of aliphatic hydroxyl groups excluding tert-OH is 1. The van der Waals surface area contributed by atoms with E-state index in [2.05, 4.69) is 5.32 Å². The highest BCUT2D eigenvalue weighted by atomic mass is 35.5. The predicted molar refractivity (Wildman–Crippen MR) is 84.3 cm³/mol. The van der Waals surface area contributed by atoms with Gasteiger partial charge in [-0.25, -0.2) is 0 Å². The maximum atomic E-state index is 10.2. The maximum absolute atomic E-state index is 10.2. The van der Waals surface area contributed by atoms with E-state index >= 15 is 0 Å². The van der Waals surface area contributed by atoms with Gasteiger partial charge in [-0.15, -0.1) is 0 Å². The molecular weight excluding hydrogens is 313 g/mol. The highest BCUT2D eigenvalue weighted by Crippen LogP contribution is 2.28. The molecule has 0 radical (unpaired) electrons. The molecule has 1 aromatic rings. The molecule has 0 spiro atoms. The lowest BCUT2D eigenvalue weighted by Gasteiger charge is -2.23. The first-order valence-electron chi connectivity index (χ1n) is 7.17. The molecule has 0 bridgehead atoms. The van der Waals surface area contributed by atoms with Crippen molar-refractivity contribution >= 4 is 23.2 Å². The number of ether oxygens (including phenoxy) is 1. The highest BCUT2D eigenvalue weighted by Gasteiger charge is 2.30. The Balaban J connectivity index is 1.67. The lowest BCUT2D eigenvalue weighted by molar-refractivity contribution is 0.0406. The molecule has 3 N–H and O–H groups in total. The van der Waals surface area contributed by atoms with Gasteiger partial charge in [-0.2, -0.15) is 0 Å². The van der Waals surface area contributed by atoms with Crippen LogP contribution in [0.4, 0.5) is 0 Å². The molecule has 2 rings (SSSR count). The second kappa shape index (κ2) is 7.65. The number of halogens is 2. The Labute approximate surface area is 135 Å². The zero-order chi connectivity index (χ0) is 15.3. The van der Waals surface area contributed by atoms with Crippen molar-refractivity contribution in [2.75, 3.05) is 19.7 Å². The standard InChI is InChI=1S/C15H21Cl2NO3/c16-13-4-3-12(7-14(13)17)21-9-11(19)8-18-10-15(20)5-1-2-6-15/h3-4,7,11,18-20H,1-2,5-6,8-10H2. The van der Waals surface area contributed by atoms with Crippen molar-refractivity contribution in [1.29, 1.82) is 0 Å². The predicted octanol–water partition coefficient (Wildman–Crippen LogP) is 2.63. The van der Waals surface area contributed by atoms with Crippen LogP contribution in [0.5, 0.6) is 5.75 Å². The fourth-order valence-corrected chi connectivity index (χ4v) is 2.79. The van der Waals surface area contributed by atoms with Crippen molar-refractivity contribution in [2.45, 2.75) is 37.4 Å². The normalized spacial score (nSPS) is 18.7. The number of nitrogens with one attached hydrogen (secondary N) is 1. The highest BCUT2D eigenvalue weighted by molar-refractivity contribution is 6.42. The molecule has 21 heavy (non-hydrogen) atoms. The summed E-state index contributed by atoms with van der Waals surface area (Å²) in [6.07, 6.45) is 3.15. The molecule has 1 atom stereocenters. The molecule has 0 heterocycles. The summed E-state index contributed by atoms with van der Waals surface area (Å²) in [4.78, 5) is 0. The van der Waals surface area contributed by atoms with Gasteiger partial charge in [-0.05, 0) is 25.0 Å². The van der Waals surface area contributed by atoms with Gasteiger partial charge in [0, 0.05) is 19.2 Å². The Morgan fingerprint density at radius 1 is 1.24 bits per heavy atom. The zero-order valence-electron chi connectivity index (χ0n) is 11.8. The van der Waals surface area contributed by atoms with Crippen LogP contribution in [0.25, 0.3) is 0 Å². The number of rotatable bonds is 7. The molecule has 0 aliphatic heterocycles. The second-order valence-electron chi connectivity index (χ2n) is 5.60. The first-order chi connectivity index (χ1) is 9.98. The first kappa shape index (κ1) is 16.8. The van der Waals surface area contributed by atoms with Crippen LogP contribution < -0.4 is 10.1 Å². The monoisotopic (exact) mass is 333 g/mol. The van der Waals surface area contributed by atoms with Crippen molar-refractivity contribution in [3.05, 3.63) is 28.2 Å². The molecule has 6 heteroatoms. The summed E-state index contributed by atoms with van der Waals surface area (Å²) >= 11 is 11.7. The fourth-order valence-electron chi connectivity index (χ4n) is 2.50. The third-order valence-electron chi connectivity index (χ3n) is 3.70. The number of hydrogen-bond acceptors (Lipinski definition) is 4. The van der Waals surface area contributed by atoms with Gasteiger partial charge in [-0.1, -0.05) is 36.0 Å². The average Bonchev–Trinajstić information content (AvgIpc) is 2.87. The second-order valence-corrected chi connectivity index (χ2v) is 6.42. The molecule has 1 aliphatic rings. The van der Waals surface area contributed by atoms with Gasteiger partial charge in [0.05, 0.1) is 15.6 Å². The summed E-state index contributed by atoms with van der Waals surface area (Å²) in [7, 11) is 0. The van der Waals surface area contributed by atoms with Crippen LogP contribution in [-0.4, -0.2) is 41.6 Å². The minimum absolute atomic E-state index is 0.156. The van der Waals surface area contributed by atoms with Crippen LogP contribution in [0, 0.1) is 0 Å². The van der Waals surface area contributed by atoms with Gasteiger partial charge in [0.25, 0.3) is 0 Å². The molecular formula is C15H21Cl2NO3. The zero-order valence-corrected chi connectivity index (χ0v) is 13.3. The molecule has 1 unspecified atom stereocenters. The van der Waals surface area contributed by atoms with Crippen LogP contribution in [-0.2, 0) is 0 Å². The van der Waals surface area contributed by atoms with Gasteiger partial charge in [0.1, 0.15) is 18.5 Å². The van der Waals surface area contributed by atoms with Crippen molar-refractivity contribution in [3.8, 4) is 5.75 Å². The third-order valence-corrected chi connectivity index (χ3v) is 4.44. The minimum Gasteiger partial charge on any atom is -0.491 e. The van der Waals surface area contributed by atoms with Crippen LogP contribution >= 0.6 is 23.2 Å². The molecule has 1 fully saturated rings. The molecule has 0 amide bonds. The lowest BCUT2D eigenvalue weighted by atomic mass is 10.0. The van der Waals surface area contributed by atoms with E-state index in [0.29, 0.717) is 28.9 Å². The molecule has 1 aromatic carbocycles. The molecule has 1 aliphatic carbocycles. The van der Waals surface area contributed by atoms with E-state index in [-0.39, 0.29) is 6.61 Å². The third kappa shape index (κ3) is 5.31. The van der Waals surface area contributed by atoms with Crippen molar-refractivity contribution in [2.24, 2.45) is 0 Å². The number of hydrogen-bond donors (Lipinski definition) is 3. The molecule has 1 saturated carbocycles. The quantitative estimate of drug-likeness (QED) is 0.717. The largest absolute Gasteiger partial charge is 0.491 e. The Bertz CT molecular complexity index is 464. The average molecular weight is 334 g/mol. The maximum Gasteiger partial charge on any atom is 0.121 e. The summed E-state index contributed by atoms with van der Waals surface area (Å²) in [5, 5.41) is 24.0. The van der Waals surface area contributed by atoms with Gasteiger partial charge < -0.3 is 20.3 Å². The van der Waals surface area contributed by atoms with E-state index in [1.54, 1.807) is 18.2 Å². The smallest absolute Gasteiger partial charge is 0.121 e. The van der Waals surface area contributed by atoms with Crippen molar-refractivity contribution in [1.82, 2.24) is 5.32 Å². The van der Waals surface area contributed by atoms with Crippen LogP contribution in [0.2, 0.25) is 10.0 Å². The summed E-state index contributed by atoms with van der Waals surface area (Å²) in [5.74, 6) is 0.567. The number of aliphatic hydroxyl groups is 2. The number of benzene rings is 1. The Hall–Kier alpha value is -0.520. The van der Waals surface area contributed by atoms with Crippen LogP contribution in [0.1, 0.15) is 25.7 Å². The van der Waals surface area contributed by atoms with Gasteiger partial charge in [0.15, 0.2) is 0 Å². The molecule has 118 valence electrons. The lowest BCUT2D eigenvalue weighted by Crippen LogP contribution is -2.42. The SMILES string of the molecule is OC(CNCC1(O)CCCC1)COc1ccc(Cl)c(Cl)c1. The Morgan fingerprint density at radius 2 is 1.95 bits per heavy atom. The minimum atomic E-state index is -0.649.